The third-order valence-electron chi connectivity index (χ3n) is 3.44. The fraction of sp³-hybridized carbons (Fsp3) is 0.200. The van der Waals surface area contributed by atoms with Crippen LogP contribution in [0.1, 0.15) is 11.3 Å². The van der Waals surface area contributed by atoms with Crippen LogP contribution in [0.4, 0.5) is 5.82 Å². The van der Waals surface area contributed by atoms with Crippen LogP contribution in [0.15, 0.2) is 36.5 Å². The number of nitrogens with two attached hydrogens (primary N) is 1. The second-order valence-corrected chi connectivity index (χ2v) is 4.91. The molecule has 102 valence electrons. The van der Waals surface area contributed by atoms with Gasteiger partial charge in [0.15, 0.2) is 0 Å². The second-order valence-electron chi connectivity index (χ2n) is 4.91. The molecule has 0 unspecified atom stereocenters. The minimum Gasteiger partial charge on any atom is -0.383 e. The molecule has 20 heavy (non-hydrogen) atoms. The molecule has 5 heteroatoms. The Kier molecular flexibility index (Phi) is 2.82. The first kappa shape index (κ1) is 12.5. The van der Waals surface area contributed by atoms with Gasteiger partial charge < -0.3 is 5.73 Å². The summed E-state index contributed by atoms with van der Waals surface area (Å²) in [5, 5.41) is 9.03. The molecule has 0 aliphatic heterocycles. The molecule has 2 aromatic heterocycles. The molecule has 0 aliphatic rings. The van der Waals surface area contributed by atoms with E-state index >= 15 is 0 Å². The van der Waals surface area contributed by atoms with Gasteiger partial charge in [0.25, 0.3) is 0 Å². The van der Waals surface area contributed by atoms with Gasteiger partial charge in [0.2, 0.25) is 0 Å². The lowest BCUT2D eigenvalue weighted by molar-refractivity contribution is 0.756. The van der Waals surface area contributed by atoms with E-state index in [2.05, 4.69) is 10.2 Å². The lowest BCUT2D eigenvalue weighted by Gasteiger charge is -2.02. The molecule has 0 saturated carbocycles. The van der Waals surface area contributed by atoms with E-state index in [-0.39, 0.29) is 0 Å². The summed E-state index contributed by atoms with van der Waals surface area (Å²) in [6.07, 6.45) is 1.97. The van der Waals surface area contributed by atoms with Gasteiger partial charge in [-0.3, -0.25) is 4.68 Å². The molecule has 1 aromatic carbocycles. The lowest BCUT2D eigenvalue weighted by atomic mass is 10.1. The van der Waals surface area contributed by atoms with Gasteiger partial charge >= 0.3 is 0 Å². The fourth-order valence-electron chi connectivity index (χ4n) is 2.36. The highest BCUT2D eigenvalue weighted by molar-refractivity contribution is 5.70. The van der Waals surface area contributed by atoms with Crippen molar-refractivity contribution in [3.05, 3.63) is 47.8 Å². The van der Waals surface area contributed by atoms with Gasteiger partial charge in [-0.15, -0.1) is 0 Å². The SMILES string of the molecule is Cc1nn(C)cc1-c1nn(-c2ccccc2)c(N)c1C. The Hall–Kier alpha value is -2.56. The van der Waals surface area contributed by atoms with Crippen LogP contribution in [0.25, 0.3) is 16.9 Å². The number of hydrogen-bond acceptors (Lipinski definition) is 3. The van der Waals surface area contributed by atoms with E-state index in [1.807, 2.05) is 57.4 Å². The molecule has 0 spiro atoms. The van der Waals surface area contributed by atoms with E-state index in [4.69, 9.17) is 5.73 Å². The molecule has 5 nitrogen and oxygen atoms in total. The Bertz CT molecular complexity index is 752. The van der Waals surface area contributed by atoms with Crippen LogP contribution in [0, 0.1) is 13.8 Å². The smallest absolute Gasteiger partial charge is 0.130 e. The predicted molar refractivity (Wildman–Crippen MR) is 79.7 cm³/mol. The maximum absolute atomic E-state index is 6.20. The molecule has 3 rings (SSSR count). The Morgan fingerprint density at radius 1 is 1.05 bits per heavy atom. The van der Waals surface area contributed by atoms with E-state index in [1.54, 1.807) is 9.36 Å². The molecule has 0 atom stereocenters. The van der Waals surface area contributed by atoms with Crippen LogP contribution >= 0.6 is 0 Å². The molecule has 3 aromatic rings. The van der Waals surface area contributed by atoms with Gasteiger partial charge in [-0.25, -0.2) is 4.68 Å². The van der Waals surface area contributed by atoms with Crippen LogP contribution in [0.2, 0.25) is 0 Å². The number of aryl methyl sites for hydroxylation is 2. The van der Waals surface area contributed by atoms with Gasteiger partial charge in [-0.05, 0) is 26.0 Å². The molecule has 0 amide bonds. The van der Waals surface area contributed by atoms with Crippen LogP contribution in [0.5, 0.6) is 0 Å². The van der Waals surface area contributed by atoms with Gasteiger partial charge in [-0.2, -0.15) is 10.2 Å². The number of benzene rings is 1. The quantitative estimate of drug-likeness (QED) is 0.776. The summed E-state index contributed by atoms with van der Waals surface area (Å²) >= 11 is 0. The fourth-order valence-corrected chi connectivity index (χ4v) is 2.36. The van der Waals surface area contributed by atoms with E-state index in [0.29, 0.717) is 5.82 Å². The summed E-state index contributed by atoms with van der Waals surface area (Å²) in [7, 11) is 1.91. The lowest BCUT2D eigenvalue weighted by Crippen LogP contribution is -2.01. The normalized spacial score (nSPS) is 10.9. The molecular formula is C15H17N5. The minimum absolute atomic E-state index is 0.662. The number of nitrogens with zero attached hydrogens (tertiary/aromatic N) is 4. The van der Waals surface area contributed by atoms with Crippen molar-refractivity contribution in [1.29, 1.82) is 0 Å². The van der Waals surface area contributed by atoms with E-state index < -0.39 is 0 Å². The molecule has 0 radical (unpaired) electrons. The van der Waals surface area contributed by atoms with Crippen molar-refractivity contribution in [2.75, 3.05) is 5.73 Å². The van der Waals surface area contributed by atoms with Crippen molar-refractivity contribution >= 4 is 5.82 Å². The summed E-state index contributed by atoms with van der Waals surface area (Å²) in [5.74, 6) is 0.662. The maximum Gasteiger partial charge on any atom is 0.130 e. The maximum atomic E-state index is 6.20. The minimum atomic E-state index is 0.662. The number of rotatable bonds is 2. The topological polar surface area (TPSA) is 61.7 Å². The van der Waals surface area contributed by atoms with Crippen molar-refractivity contribution in [1.82, 2.24) is 19.6 Å². The zero-order valence-corrected chi connectivity index (χ0v) is 11.8. The second kappa shape index (κ2) is 4.52. The summed E-state index contributed by atoms with van der Waals surface area (Å²) in [6, 6.07) is 9.90. The average molecular weight is 267 g/mol. The van der Waals surface area contributed by atoms with Gasteiger partial charge in [0, 0.05) is 24.4 Å². The first-order valence-electron chi connectivity index (χ1n) is 6.49. The van der Waals surface area contributed by atoms with Crippen molar-refractivity contribution in [2.45, 2.75) is 13.8 Å². The Morgan fingerprint density at radius 2 is 1.75 bits per heavy atom. The van der Waals surface area contributed by atoms with Crippen LogP contribution in [-0.4, -0.2) is 19.6 Å². The molecular weight excluding hydrogens is 250 g/mol. The van der Waals surface area contributed by atoms with E-state index in [9.17, 15) is 0 Å². The van der Waals surface area contributed by atoms with Crippen LogP contribution < -0.4 is 5.73 Å². The molecule has 0 aliphatic carbocycles. The third-order valence-corrected chi connectivity index (χ3v) is 3.44. The highest BCUT2D eigenvalue weighted by Gasteiger charge is 2.17. The number of hydrogen-bond donors (Lipinski definition) is 1. The number of anilines is 1. The predicted octanol–water partition coefficient (Wildman–Crippen LogP) is 2.47. The Balaban J connectivity index is 2.18. The van der Waals surface area contributed by atoms with Gasteiger partial charge in [0.05, 0.1) is 11.4 Å². The highest BCUT2D eigenvalue weighted by atomic mass is 15.3. The van der Waals surface area contributed by atoms with Gasteiger partial charge in [0.1, 0.15) is 11.5 Å². The van der Waals surface area contributed by atoms with E-state index in [1.165, 1.54) is 0 Å². The van der Waals surface area contributed by atoms with Gasteiger partial charge in [-0.1, -0.05) is 18.2 Å². The van der Waals surface area contributed by atoms with Crippen molar-refractivity contribution in [3.8, 4) is 16.9 Å². The molecule has 2 N–H and O–H groups in total. The zero-order valence-electron chi connectivity index (χ0n) is 11.8. The number of aromatic nitrogens is 4. The number of para-hydroxylation sites is 1. The van der Waals surface area contributed by atoms with Crippen LogP contribution in [0.3, 0.4) is 0 Å². The summed E-state index contributed by atoms with van der Waals surface area (Å²) < 4.78 is 3.57. The number of nitrogen functional groups attached to an aromatic ring is 1. The van der Waals surface area contributed by atoms with Crippen molar-refractivity contribution < 1.29 is 0 Å². The van der Waals surface area contributed by atoms with Crippen molar-refractivity contribution in [2.24, 2.45) is 7.05 Å². The summed E-state index contributed by atoms with van der Waals surface area (Å²) in [6.45, 7) is 3.97. The largest absolute Gasteiger partial charge is 0.383 e. The first-order valence-corrected chi connectivity index (χ1v) is 6.49. The van der Waals surface area contributed by atoms with E-state index in [0.717, 1.165) is 28.2 Å². The molecule has 0 saturated heterocycles. The zero-order chi connectivity index (χ0) is 14.3. The monoisotopic (exact) mass is 267 g/mol. The molecule has 2 heterocycles. The third kappa shape index (κ3) is 1.87. The average Bonchev–Trinajstić information content (AvgIpc) is 2.92. The standard InChI is InChI=1S/C15H17N5/c1-10-14(13-9-19(3)17-11(13)2)18-20(15(10)16)12-7-5-4-6-8-12/h4-9H,16H2,1-3H3. The van der Waals surface area contributed by atoms with Crippen LogP contribution in [-0.2, 0) is 7.05 Å². The summed E-state index contributed by atoms with van der Waals surface area (Å²) in [5.41, 5.74) is 11.0. The first-order chi connectivity index (χ1) is 9.58. The highest BCUT2D eigenvalue weighted by Crippen LogP contribution is 2.29. The van der Waals surface area contributed by atoms with Crippen molar-refractivity contribution in [3.63, 3.8) is 0 Å². The summed E-state index contributed by atoms with van der Waals surface area (Å²) in [4.78, 5) is 0. The molecule has 0 fully saturated rings. The Labute approximate surface area is 117 Å². The Morgan fingerprint density at radius 3 is 2.35 bits per heavy atom. The molecule has 0 bridgehead atoms.